The fourth-order valence-electron chi connectivity index (χ4n) is 4.97. The Morgan fingerprint density at radius 3 is 2.58 bits per heavy atom. The van der Waals surface area contributed by atoms with Crippen molar-refractivity contribution in [2.24, 2.45) is 12.0 Å². The Labute approximate surface area is 221 Å². The first-order chi connectivity index (χ1) is 18.5. The lowest BCUT2D eigenvalue weighted by Crippen LogP contribution is -2.45. The number of aliphatic imine (C=N–C) groups is 1. The molecule has 3 aromatic rings. The molecule has 2 aromatic carbocycles. The van der Waals surface area contributed by atoms with Crippen LogP contribution in [0.2, 0.25) is 0 Å². The summed E-state index contributed by atoms with van der Waals surface area (Å²) >= 11 is 0. The lowest BCUT2D eigenvalue weighted by atomic mass is 10.1. The highest BCUT2D eigenvalue weighted by Crippen LogP contribution is 2.20. The second-order valence-electron chi connectivity index (χ2n) is 9.82. The van der Waals surface area contributed by atoms with Crippen LogP contribution >= 0.6 is 0 Å². The highest BCUT2D eigenvalue weighted by atomic mass is 16.2. The monoisotopic (exact) mass is 515 g/mol. The fraction of sp³-hybridized carbons (Fsp3) is 0.393. The van der Waals surface area contributed by atoms with Crippen molar-refractivity contribution in [2.45, 2.75) is 38.1 Å². The van der Waals surface area contributed by atoms with Crippen LogP contribution < -0.4 is 10.6 Å². The summed E-state index contributed by atoms with van der Waals surface area (Å²) in [4.78, 5) is 47.5. The Bertz CT molecular complexity index is 1340. The van der Waals surface area contributed by atoms with Crippen LogP contribution in [0.25, 0.3) is 10.9 Å². The van der Waals surface area contributed by atoms with Crippen LogP contribution in [-0.4, -0.2) is 75.5 Å². The number of carbonyl (C=O) groups is 3. The highest BCUT2D eigenvalue weighted by molar-refractivity contribution is 6.10. The third-order valence-corrected chi connectivity index (χ3v) is 7.10. The van der Waals surface area contributed by atoms with E-state index in [1.54, 1.807) is 40.0 Å². The molecule has 198 valence electrons. The number of aromatic nitrogens is 2. The zero-order valence-electron chi connectivity index (χ0n) is 21.6. The summed E-state index contributed by atoms with van der Waals surface area (Å²) in [7, 11) is 1.86. The molecule has 0 aliphatic carbocycles. The minimum Gasteiger partial charge on any atom is -0.341 e. The van der Waals surface area contributed by atoms with E-state index >= 15 is 0 Å². The molecular weight excluding hydrogens is 482 g/mol. The van der Waals surface area contributed by atoms with E-state index in [0.717, 1.165) is 49.7 Å². The summed E-state index contributed by atoms with van der Waals surface area (Å²) in [5, 5.41) is 11.3. The minimum absolute atomic E-state index is 0.0133. The summed E-state index contributed by atoms with van der Waals surface area (Å²) in [5.74, 6) is -0.349. The van der Waals surface area contributed by atoms with Crippen molar-refractivity contribution >= 4 is 40.3 Å². The second-order valence-corrected chi connectivity index (χ2v) is 9.82. The Kier molecular flexibility index (Phi) is 7.67. The molecule has 3 amide bonds. The first-order valence-electron chi connectivity index (χ1n) is 13.2. The number of nitrogens with zero attached hydrogens (tertiary/aromatic N) is 5. The van der Waals surface area contributed by atoms with Crippen LogP contribution in [0.4, 0.5) is 5.69 Å². The van der Waals surface area contributed by atoms with E-state index in [9.17, 15) is 14.4 Å². The van der Waals surface area contributed by atoms with Crippen molar-refractivity contribution in [2.75, 3.05) is 31.5 Å². The van der Waals surface area contributed by atoms with Crippen molar-refractivity contribution < 1.29 is 14.4 Å². The molecular formula is C28H33N7O3. The highest BCUT2D eigenvalue weighted by Gasteiger charge is 2.30. The predicted molar refractivity (Wildman–Crippen MR) is 146 cm³/mol. The van der Waals surface area contributed by atoms with Gasteiger partial charge < -0.3 is 15.1 Å². The maximum atomic E-state index is 13.5. The van der Waals surface area contributed by atoms with E-state index < -0.39 is 6.04 Å². The first-order valence-corrected chi connectivity index (χ1v) is 13.2. The van der Waals surface area contributed by atoms with Gasteiger partial charge in [-0.15, -0.1) is 0 Å². The van der Waals surface area contributed by atoms with E-state index in [1.807, 2.05) is 36.2 Å². The van der Waals surface area contributed by atoms with Crippen LogP contribution in [-0.2, 0) is 16.6 Å². The third kappa shape index (κ3) is 5.85. The average Bonchev–Trinajstić information content (AvgIpc) is 3.56. The number of amides is 3. The van der Waals surface area contributed by atoms with Gasteiger partial charge in [0.2, 0.25) is 17.8 Å². The van der Waals surface area contributed by atoms with E-state index in [2.05, 4.69) is 15.7 Å². The zero-order valence-corrected chi connectivity index (χ0v) is 21.6. The van der Waals surface area contributed by atoms with Crippen LogP contribution in [0, 0.1) is 0 Å². The van der Waals surface area contributed by atoms with E-state index in [0.29, 0.717) is 24.2 Å². The molecule has 10 nitrogen and oxygen atoms in total. The molecule has 2 fully saturated rings. The number of benzene rings is 2. The van der Waals surface area contributed by atoms with Gasteiger partial charge in [-0.25, -0.2) is 4.99 Å². The number of carbonyl (C=O) groups excluding carboxylic acids is 3. The van der Waals surface area contributed by atoms with Crippen molar-refractivity contribution in [3.8, 4) is 0 Å². The van der Waals surface area contributed by atoms with E-state index in [-0.39, 0.29) is 30.2 Å². The standard InChI is InChI=1S/C28H33N7O3/c1-33-24-17-22(13-12-21(24)18-29-33)30-28(32-26(37)20-9-3-2-4-10-20)31-23-11-5-6-16-35(27(23)38)19-25(36)34-14-7-8-15-34/h2-4,9-10,12-13,17-18,23H,5-8,11,14-16,19H2,1H3,(H2,30,31,32,37). The number of nitrogens with one attached hydrogen (secondary N) is 2. The molecule has 2 aliphatic rings. The van der Waals surface area contributed by atoms with Gasteiger partial charge >= 0.3 is 0 Å². The Morgan fingerprint density at radius 1 is 1.03 bits per heavy atom. The van der Waals surface area contributed by atoms with Gasteiger partial charge in [0.25, 0.3) is 5.91 Å². The number of anilines is 1. The number of hydrogen-bond donors (Lipinski definition) is 2. The van der Waals surface area contributed by atoms with E-state index in [1.165, 1.54) is 0 Å². The first kappa shape index (κ1) is 25.4. The summed E-state index contributed by atoms with van der Waals surface area (Å²) in [6.07, 6.45) is 5.95. The van der Waals surface area contributed by atoms with Crippen molar-refractivity contribution in [3.63, 3.8) is 0 Å². The van der Waals surface area contributed by atoms with Crippen LogP contribution in [0.3, 0.4) is 0 Å². The molecule has 2 aliphatic heterocycles. The van der Waals surface area contributed by atoms with Crippen molar-refractivity contribution in [1.82, 2.24) is 24.9 Å². The van der Waals surface area contributed by atoms with Gasteiger partial charge in [-0.1, -0.05) is 18.2 Å². The second kappa shape index (κ2) is 11.5. The molecule has 1 aromatic heterocycles. The smallest absolute Gasteiger partial charge is 0.257 e. The molecule has 2 N–H and O–H groups in total. The van der Waals surface area contributed by atoms with Crippen LogP contribution in [0.15, 0.2) is 59.7 Å². The Morgan fingerprint density at radius 2 is 1.79 bits per heavy atom. The molecule has 2 saturated heterocycles. The fourth-order valence-corrected chi connectivity index (χ4v) is 4.97. The number of likely N-dealkylation sites (tertiary alicyclic amines) is 2. The molecule has 0 spiro atoms. The number of fused-ring (bicyclic) bond motifs is 1. The van der Waals surface area contributed by atoms with Gasteiger partial charge in [-0.05, 0) is 62.4 Å². The predicted octanol–water partition coefficient (Wildman–Crippen LogP) is 2.77. The number of guanidine groups is 1. The summed E-state index contributed by atoms with van der Waals surface area (Å²) in [6.45, 7) is 2.11. The largest absolute Gasteiger partial charge is 0.341 e. The van der Waals surface area contributed by atoms with Gasteiger partial charge in [0, 0.05) is 43.3 Å². The SMILES string of the molecule is Cn1ncc2ccc(NC(=NC3CCCCN(CC(=O)N4CCCC4)C3=O)NC(=O)c3ccccc3)cc21. The number of aryl methyl sites for hydroxylation is 1. The molecule has 0 saturated carbocycles. The molecule has 1 unspecified atom stereocenters. The van der Waals surface area contributed by atoms with Gasteiger partial charge in [0.05, 0.1) is 18.3 Å². The molecule has 1 atom stereocenters. The number of hydrogen-bond acceptors (Lipinski definition) is 5. The quantitative estimate of drug-likeness (QED) is 0.401. The Balaban J connectivity index is 1.40. The average molecular weight is 516 g/mol. The van der Waals surface area contributed by atoms with Crippen LogP contribution in [0.5, 0.6) is 0 Å². The molecule has 0 bridgehead atoms. The molecule has 38 heavy (non-hydrogen) atoms. The summed E-state index contributed by atoms with van der Waals surface area (Å²) in [6, 6.07) is 13.9. The molecule has 5 rings (SSSR count). The van der Waals surface area contributed by atoms with Crippen LogP contribution in [0.1, 0.15) is 42.5 Å². The van der Waals surface area contributed by atoms with Crippen molar-refractivity contribution in [1.29, 1.82) is 0 Å². The van der Waals surface area contributed by atoms with E-state index in [4.69, 9.17) is 4.99 Å². The zero-order chi connectivity index (χ0) is 26.5. The lowest BCUT2D eigenvalue weighted by Gasteiger charge is -2.25. The van der Waals surface area contributed by atoms with Gasteiger partial charge in [-0.3, -0.25) is 24.4 Å². The molecule has 3 heterocycles. The summed E-state index contributed by atoms with van der Waals surface area (Å²) < 4.78 is 1.77. The maximum absolute atomic E-state index is 13.5. The molecule has 10 heteroatoms. The topological polar surface area (TPSA) is 112 Å². The molecule has 0 radical (unpaired) electrons. The maximum Gasteiger partial charge on any atom is 0.257 e. The normalized spacial score (nSPS) is 18.5. The lowest BCUT2D eigenvalue weighted by molar-refractivity contribution is -0.140. The Hall–Kier alpha value is -4.21. The van der Waals surface area contributed by atoms with Gasteiger partial charge in [0.1, 0.15) is 6.04 Å². The third-order valence-electron chi connectivity index (χ3n) is 7.10. The van der Waals surface area contributed by atoms with Crippen molar-refractivity contribution in [3.05, 3.63) is 60.3 Å². The van der Waals surface area contributed by atoms with Gasteiger partial charge in [0.15, 0.2) is 0 Å². The minimum atomic E-state index is -0.706. The van der Waals surface area contributed by atoms with Gasteiger partial charge in [-0.2, -0.15) is 5.10 Å². The number of rotatable bonds is 5. The summed E-state index contributed by atoms with van der Waals surface area (Å²) in [5.41, 5.74) is 2.10.